The van der Waals surface area contributed by atoms with Crippen LogP contribution < -0.4 is 9.80 Å². The Morgan fingerprint density at radius 3 is 2.52 bits per heavy atom. The molecule has 2 aromatic carbocycles. The van der Waals surface area contributed by atoms with Crippen LogP contribution in [0, 0.1) is 6.92 Å². The number of benzene rings is 2. The van der Waals surface area contributed by atoms with Crippen LogP contribution in [0.5, 0.6) is 0 Å². The van der Waals surface area contributed by atoms with E-state index in [0.717, 1.165) is 64.9 Å². The first-order chi connectivity index (χ1) is 19.5. The van der Waals surface area contributed by atoms with Crippen molar-refractivity contribution in [2.24, 2.45) is 4.99 Å². The molecule has 0 bridgehead atoms. The Balaban J connectivity index is 1.33. The number of carbonyl (C=O) groups is 1. The van der Waals surface area contributed by atoms with Gasteiger partial charge in [0, 0.05) is 31.0 Å². The lowest BCUT2D eigenvalue weighted by Gasteiger charge is -2.34. The number of pyridine rings is 1. The second-order valence-corrected chi connectivity index (χ2v) is 10.9. The molecule has 0 saturated heterocycles. The minimum absolute atomic E-state index is 0.0543. The van der Waals surface area contributed by atoms with Crippen LogP contribution in [0.3, 0.4) is 0 Å². The number of aryl methyl sites for hydroxylation is 1. The van der Waals surface area contributed by atoms with E-state index in [0.29, 0.717) is 18.7 Å². The number of guanidine groups is 1. The number of amides is 1. The Kier molecular flexibility index (Phi) is 5.91. The van der Waals surface area contributed by atoms with Crippen LogP contribution >= 0.6 is 0 Å². The van der Waals surface area contributed by atoms with Gasteiger partial charge in [-0.1, -0.05) is 48.5 Å². The molecule has 0 radical (unpaired) electrons. The van der Waals surface area contributed by atoms with E-state index in [9.17, 15) is 4.79 Å². The second kappa shape index (κ2) is 9.62. The first kappa shape index (κ1) is 24.6. The molecule has 8 nitrogen and oxygen atoms in total. The van der Waals surface area contributed by atoms with Crippen LogP contribution in [0.2, 0.25) is 0 Å². The van der Waals surface area contributed by atoms with Crippen molar-refractivity contribution in [1.29, 1.82) is 0 Å². The van der Waals surface area contributed by atoms with Crippen LogP contribution in [-0.2, 0) is 6.54 Å². The van der Waals surface area contributed by atoms with Gasteiger partial charge in [0.05, 0.1) is 24.3 Å². The van der Waals surface area contributed by atoms with Crippen LogP contribution in [0.1, 0.15) is 47.7 Å². The zero-order chi connectivity index (χ0) is 27.4. The van der Waals surface area contributed by atoms with Gasteiger partial charge in [-0.2, -0.15) is 5.10 Å². The van der Waals surface area contributed by atoms with Crippen LogP contribution in [0.15, 0.2) is 77.9 Å². The predicted molar refractivity (Wildman–Crippen MR) is 158 cm³/mol. The summed E-state index contributed by atoms with van der Waals surface area (Å²) in [7, 11) is 1.84. The molecule has 2 aliphatic heterocycles. The molecule has 0 N–H and O–H groups in total. The second-order valence-electron chi connectivity index (χ2n) is 10.9. The molecule has 8 heteroatoms. The number of fused-ring (bicyclic) bond motifs is 5. The standard InChI is InChI=1S/C32H33N7O/c1-4-37(24-9-6-5-7-10-24)30-28-29(39-27-12-8-11-26(27)34-32(39)36(3)31(28)40)35-38(30)20-22-14-16-23(17-15-22)25-18-13-21(2)19-33-25/h5-7,9-10,13-19,26-27H,4,8,11-12,20H2,1-3H3/t26-,27+/m1/s1. The summed E-state index contributed by atoms with van der Waals surface area (Å²) in [6.07, 6.45) is 5.16. The fourth-order valence-corrected chi connectivity index (χ4v) is 6.33. The quantitative estimate of drug-likeness (QED) is 0.322. The number of anilines is 3. The number of hydrogen-bond acceptors (Lipinski definition) is 6. The molecule has 40 heavy (non-hydrogen) atoms. The van der Waals surface area contributed by atoms with Gasteiger partial charge in [0.25, 0.3) is 5.91 Å². The van der Waals surface area contributed by atoms with Gasteiger partial charge in [-0.15, -0.1) is 0 Å². The molecule has 0 spiro atoms. The highest BCUT2D eigenvalue weighted by Crippen LogP contribution is 2.44. The number of aromatic nitrogens is 3. The normalized spacial score (nSPS) is 19.4. The van der Waals surface area contributed by atoms with Gasteiger partial charge in [0.1, 0.15) is 11.4 Å². The van der Waals surface area contributed by atoms with E-state index in [1.807, 2.05) is 43.0 Å². The van der Waals surface area contributed by atoms with Crippen molar-refractivity contribution in [3.05, 3.63) is 89.6 Å². The summed E-state index contributed by atoms with van der Waals surface area (Å²) >= 11 is 0. The number of carbonyl (C=O) groups excluding carboxylic acids is 1. The molecule has 7 rings (SSSR count). The van der Waals surface area contributed by atoms with E-state index in [1.165, 1.54) is 0 Å². The van der Waals surface area contributed by atoms with E-state index in [4.69, 9.17) is 10.1 Å². The molecule has 4 heterocycles. The average molecular weight is 532 g/mol. The van der Waals surface area contributed by atoms with Gasteiger partial charge < -0.3 is 4.90 Å². The fraction of sp³-hybridized carbons (Fsp3) is 0.312. The molecule has 1 fully saturated rings. The van der Waals surface area contributed by atoms with Crippen molar-refractivity contribution in [3.63, 3.8) is 0 Å². The van der Waals surface area contributed by atoms with Crippen molar-refractivity contribution in [3.8, 4) is 11.3 Å². The summed E-state index contributed by atoms with van der Waals surface area (Å²) in [5, 5.41) is 5.18. The maximum atomic E-state index is 14.0. The summed E-state index contributed by atoms with van der Waals surface area (Å²) in [5.41, 5.74) is 5.96. The third-order valence-electron chi connectivity index (χ3n) is 8.36. The SMILES string of the molecule is CCN(c1ccccc1)c1c2c(nn1Cc1ccc(-c3ccc(C)cn3)cc1)N1C(=N[C@@H]3CCC[C@@H]31)N(C)C2=O. The summed E-state index contributed by atoms with van der Waals surface area (Å²) in [4.78, 5) is 29.7. The Labute approximate surface area is 234 Å². The maximum absolute atomic E-state index is 14.0. The highest BCUT2D eigenvalue weighted by molar-refractivity contribution is 6.21. The molecular formula is C32H33N7O. The molecule has 0 unspecified atom stereocenters. The Morgan fingerprint density at radius 2 is 1.80 bits per heavy atom. The van der Waals surface area contributed by atoms with Crippen molar-refractivity contribution in [2.75, 3.05) is 23.4 Å². The smallest absolute Gasteiger partial charge is 0.267 e. The van der Waals surface area contributed by atoms with Crippen molar-refractivity contribution < 1.29 is 4.79 Å². The number of aliphatic imine (C=N–C) groups is 1. The largest absolute Gasteiger partial charge is 0.326 e. The number of para-hydroxylation sites is 1. The van der Waals surface area contributed by atoms with Crippen LogP contribution in [-0.4, -0.2) is 57.2 Å². The first-order valence-electron chi connectivity index (χ1n) is 14.1. The summed E-state index contributed by atoms with van der Waals surface area (Å²) in [6, 6.07) is 23.3. The average Bonchev–Trinajstić information content (AvgIpc) is 3.68. The zero-order valence-electron chi connectivity index (χ0n) is 23.2. The van der Waals surface area contributed by atoms with E-state index in [1.54, 1.807) is 4.90 Å². The van der Waals surface area contributed by atoms with Crippen molar-refractivity contribution >= 4 is 29.2 Å². The van der Waals surface area contributed by atoms with E-state index in [2.05, 4.69) is 70.2 Å². The van der Waals surface area contributed by atoms with Gasteiger partial charge in [0.15, 0.2) is 5.82 Å². The van der Waals surface area contributed by atoms with Gasteiger partial charge >= 0.3 is 0 Å². The Morgan fingerprint density at radius 1 is 1.00 bits per heavy atom. The number of rotatable bonds is 6. The molecule has 2 atom stereocenters. The summed E-state index contributed by atoms with van der Waals surface area (Å²) in [5.74, 6) is 2.24. The summed E-state index contributed by atoms with van der Waals surface area (Å²) in [6.45, 7) is 5.40. The van der Waals surface area contributed by atoms with Gasteiger partial charge in [-0.05, 0) is 62.4 Å². The third-order valence-corrected chi connectivity index (χ3v) is 8.36. The molecule has 2 aromatic heterocycles. The van der Waals surface area contributed by atoms with E-state index in [-0.39, 0.29) is 18.0 Å². The molecule has 4 aromatic rings. The fourth-order valence-electron chi connectivity index (χ4n) is 6.33. The minimum Gasteiger partial charge on any atom is -0.326 e. The minimum atomic E-state index is -0.0543. The van der Waals surface area contributed by atoms with Gasteiger partial charge in [-0.3, -0.25) is 19.6 Å². The topological polar surface area (TPSA) is 69.9 Å². The highest BCUT2D eigenvalue weighted by Gasteiger charge is 2.49. The number of hydrogen-bond donors (Lipinski definition) is 0. The predicted octanol–water partition coefficient (Wildman–Crippen LogP) is 5.64. The maximum Gasteiger partial charge on any atom is 0.267 e. The Hall–Kier alpha value is -4.46. The molecule has 1 saturated carbocycles. The lowest BCUT2D eigenvalue weighted by atomic mass is 10.1. The third kappa shape index (κ3) is 3.89. The van der Waals surface area contributed by atoms with E-state index >= 15 is 0 Å². The zero-order valence-corrected chi connectivity index (χ0v) is 23.2. The lowest BCUT2D eigenvalue weighted by Crippen LogP contribution is -2.51. The van der Waals surface area contributed by atoms with Crippen molar-refractivity contribution in [1.82, 2.24) is 19.7 Å². The number of nitrogens with zero attached hydrogens (tertiary/aromatic N) is 7. The molecular weight excluding hydrogens is 498 g/mol. The highest BCUT2D eigenvalue weighted by atomic mass is 16.2. The molecule has 1 amide bonds. The Bertz CT molecular complexity index is 1590. The molecule has 202 valence electrons. The van der Waals surface area contributed by atoms with E-state index < -0.39 is 0 Å². The summed E-state index contributed by atoms with van der Waals surface area (Å²) < 4.78 is 2.01. The van der Waals surface area contributed by atoms with Crippen LogP contribution in [0.25, 0.3) is 11.3 Å². The van der Waals surface area contributed by atoms with Crippen LogP contribution in [0.4, 0.5) is 17.3 Å². The molecule has 1 aliphatic carbocycles. The van der Waals surface area contributed by atoms with Gasteiger partial charge in [0.2, 0.25) is 5.96 Å². The lowest BCUT2D eigenvalue weighted by molar-refractivity contribution is 0.0865. The molecule has 3 aliphatic rings. The van der Waals surface area contributed by atoms with Crippen molar-refractivity contribution in [2.45, 2.75) is 51.7 Å². The van der Waals surface area contributed by atoms with Gasteiger partial charge in [-0.25, -0.2) is 9.67 Å². The monoisotopic (exact) mass is 531 g/mol. The first-order valence-corrected chi connectivity index (χ1v) is 14.1.